The van der Waals surface area contributed by atoms with Crippen LogP contribution in [-0.4, -0.2) is 46.8 Å². The lowest BCUT2D eigenvalue weighted by Crippen LogP contribution is -2.14. The lowest BCUT2D eigenvalue weighted by Gasteiger charge is -2.14. The maximum absolute atomic E-state index is 13.2. The van der Waals surface area contributed by atoms with Gasteiger partial charge in [0, 0.05) is 18.7 Å². The summed E-state index contributed by atoms with van der Waals surface area (Å²) >= 11 is 0. The Balaban J connectivity index is 2.18. The van der Waals surface area contributed by atoms with Gasteiger partial charge in [-0.1, -0.05) is 0 Å². The van der Waals surface area contributed by atoms with Gasteiger partial charge in [0.1, 0.15) is 18.2 Å². The number of benzene rings is 1. The molecule has 1 rings (SSSR count). The third-order valence-corrected chi connectivity index (χ3v) is 2.75. The van der Waals surface area contributed by atoms with Gasteiger partial charge < -0.3 is 24.7 Å². The Bertz CT molecular complexity index is 401. The summed E-state index contributed by atoms with van der Waals surface area (Å²) in [7, 11) is 1.63. The topological polar surface area (TPSA) is 62.9 Å². The van der Waals surface area contributed by atoms with Gasteiger partial charge in [0.25, 0.3) is 0 Å². The van der Waals surface area contributed by atoms with E-state index in [9.17, 15) is 4.39 Å². The van der Waals surface area contributed by atoms with Crippen LogP contribution in [0.25, 0.3) is 0 Å². The average molecular weight is 301 g/mol. The van der Waals surface area contributed by atoms with E-state index in [-0.39, 0.29) is 11.9 Å². The lowest BCUT2D eigenvalue weighted by atomic mass is 10.1. The van der Waals surface area contributed by atoms with Gasteiger partial charge in [-0.2, -0.15) is 0 Å². The van der Waals surface area contributed by atoms with Gasteiger partial charge in [-0.3, -0.25) is 0 Å². The summed E-state index contributed by atoms with van der Waals surface area (Å²) in [5.74, 6) is 0.269. The molecule has 0 spiro atoms. The van der Waals surface area contributed by atoms with Crippen molar-refractivity contribution in [1.82, 2.24) is 0 Å². The van der Waals surface area contributed by atoms with E-state index in [1.807, 2.05) is 0 Å². The fourth-order valence-corrected chi connectivity index (χ4v) is 1.68. The Morgan fingerprint density at radius 2 is 1.67 bits per heavy atom. The first kappa shape index (κ1) is 17.8. The van der Waals surface area contributed by atoms with Crippen LogP contribution in [0.5, 0.6) is 5.75 Å². The largest absolute Gasteiger partial charge is 0.491 e. The van der Waals surface area contributed by atoms with Crippen molar-refractivity contribution in [1.29, 1.82) is 0 Å². The van der Waals surface area contributed by atoms with Crippen molar-refractivity contribution in [2.24, 2.45) is 5.73 Å². The molecule has 6 heteroatoms. The molecule has 0 radical (unpaired) electrons. The minimum atomic E-state index is -0.320. The van der Waals surface area contributed by atoms with Gasteiger partial charge in [0.2, 0.25) is 0 Å². The minimum absolute atomic E-state index is 0.286. The highest BCUT2D eigenvalue weighted by Gasteiger charge is 2.09. The van der Waals surface area contributed by atoms with Crippen LogP contribution in [-0.2, 0) is 14.2 Å². The molecule has 0 saturated heterocycles. The first-order valence-corrected chi connectivity index (χ1v) is 6.97. The molecule has 2 N–H and O–H groups in total. The molecule has 0 aliphatic heterocycles. The van der Waals surface area contributed by atoms with E-state index in [1.54, 1.807) is 20.1 Å². The van der Waals surface area contributed by atoms with E-state index >= 15 is 0 Å². The van der Waals surface area contributed by atoms with Crippen LogP contribution in [0.4, 0.5) is 4.39 Å². The first-order valence-electron chi connectivity index (χ1n) is 6.97. The molecule has 5 nitrogen and oxygen atoms in total. The van der Waals surface area contributed by atoms with Gasteiger partial charge in [0.05, 0.1) is 33.0 Å². The molecular weight excluding hydrogens is 277 g/mol. The van der Waals surface area contributed by atoms with E-state index in [0.29, 0.717) is 51.0 Å². The van der Waals surface area contributed by atoms with Crippen molar-refractivity contribution in [2.75, 3.05) is 46.8 Å². The van der Waals surface area contributed by atoms with Gasteiger partial charge in [-0.15, -0.1) is 0 Å². The zero-order valence-electron chi connectivity index (χ0n) is 12.6. The summed E-state index contributed by atoms with van der Waals surface area (Å²) in [4.78, 5) is 0. The van der Waals surface area contributed by atoms with Crippen LogP contribution >= 0.6 is 0 Å². The smallest absolute Gasteiger partial charge is 0.124 e. The Hall–Kier alpha value is -1.21. The summed E-state index contributed by atoms with van der Waals surface area (Å²) in [5, 5.41) is 0. The molecule has 0 aromatic heterocycles. The molecule has 0 fully saturated rings. The molecule has 0 saturated carbocycles. The van der Waals surface area contributed by atoms with Crippen molar-refractivity contribution in [2.45, 2.75) is 13.0 Å². The van der Waals surface area contributed by atoms with Crippen LogP contribution in [0.1, 0.15) is 18.5 Å². The van der Waals surface area contributed by atoms with Crippen LogP contribution in [0, 0.1) is 5.82 Å². The van der Waals surface area contributed by atoms with Crippen molar-refractivity contribution >= 4 is 0 Å². The number of methoxy groups -OCH3 is 1. The molecule has 0 unspecified atom stereocenters. The second-order valence-corrected chi connectivity index (χ2v) is 4.54. The van der Waals surface area contributed by atoms with Gasteiger partial charge in [-0.05, 0) is 25.1 Å². The average Bonchev–Trinajstić information content (AvgIpc) is 2.46. The van der Waals surface area contributed by atoms with Crippen LogP contribution in [0.2, 0.25) is 0 Å². The van der Waals surface area contributed by atoms with Crippen molar-refractivity contribution < 1.29 is 23.3 Å². The quantitative estimate of drug-likeness (QED) is 0.633. The highest BCUT2D eigenvalue weighted by Crippen LogP contribution is 2.24. The fourth-order valence-electron chi connectivity index (χ4n) is 1.68. The maximum atomic E-state index is 13.2. The normalized spacial score (nSPS) is 12.4. The number of nitrogens with two attached hydrogens (primary N) is 1. The third-order valence-electron chi connectivity index (χ3n) is 2.75. The van der Waals surface area contributed by atoms with Crippen LogP contribution < -0.4 is 10.5 Å². The Morgan fingerprint density at radius 1 is 1.05 bits per heavy atom. The molecule has 0 heterocycles. The second-order valence-electron chi connectivity index (χ2n) is 4.54. The van der Waals surface area contributed by atoms with Crippen molar-refractivity contribution in [3.8, 4) is 5.75 Å². The van der Waals surface area contributed by atoms with E-state index in [2.05, 4.69) is 0 Å². The fraction of sp³-hybridized carbons (Fsp3) is 0.600. The van der Waals surface area contributed by atoms with Crippen LogP contribution in [0.3, 0.4) is 0 Å². The molecule has 120 valence electrons. The maximum Gasteiger partial charge on any atom is 0.124 e. The Labute approximate surface area is 125 Å². The van der Waals surface area contributed by atoms with Gasteiger partial charge >= 0.3 is 0 Å². The molecule has 0 aliphatic rings. The summed E-state index contributed by atoms with van der Waals surface area (Å²) in [6.07, 6.45) is 0. The highest BCUT2D eigenvalue weighted by molar-refractivity contribution is 5.36. The summed E-state index contributed by atoms with van der Waals surface area (Å²) in [6, 6.07) is 4.05. The zero-order chi connectivity index (χ0) is 15.5. The monoisotopic (exact) mass is 301 g/mol. The zero-order valence-corrected chi connectivity index (χ0v) is 12.6. The second kappa shape index (κ2) is 10.5. The summed E-state index contributed by atoms with van der Waals surface area (Å²) < 4.78 is 34.2. The number of hydrogen-bond donors (Lipinski definition) is 1. The summed E-state index contributed by atoms with van der Waals surface area (Å²) in [6.45, 7) is 4.75. The molecule has 0 aliphatic carbocycles. The van der Waals surface area contributed by atoms with Crippen LogP contribution in [0.15, 0.2) is 18.2 Å². The van der Waals surface area contributed by atoms with E-state index in [4.69, 9.17) is 24.7 Å². The lowest BCUT2D eigenvalue weighted by molar-refractivity contribution is 0.0179. The number of rotatable bonds is 11. The molecule has 1 atom stereocenters. The van der Waals surface area contributed by atoms with E-state index < -0.39 is 0 Å². The van der Waals surface area contributed by atoms with Gasteiger partial charge in [-0.25, -0.2) is 4.39 Å². The predicted molar refractivity (Wildman–Crippen MR) is 78.0 cm³/mol. The molecular formula is C15H24FNO4. The van der Waals surface area contributed by atoms with Crippen molar-refractivity contribution in [3.63, 3.8) is 0 Å². The third kappa shape index (κ3) is 7.38. The van der Waals surface area contributed by atoms with Crippen molar-refractivity contribution in [3.05, 3.63) is 29.6 Å². The molecule has 1 aromatic rings. The highest BCUT2D eigenvalue weighted by atomic mass is 19.1. The molecule has 1 aromatic carbocycles. The number of ether oxygens (including phenoxy) is 4. The van der Waals surface area contributed by atoms with E-state index in [0.717, 1.165) is 0 Å². The Morgan fingerprint density at radius 3 is 2.29 bits per heavy atom. The number of halogens is 1. The summed E-state index contributed by atoms with van der Waals surface area (Å²) in [5.41, 5.74) is 6.44. The molecule has 0 amide bonds. The molecule has 21 heavy (non-hydrogen) atoms. The minimum Gasteiger partial charge on any atom is -0.491 e. The van der Waals surface area contributed by atoms with Gasteiger partial charge in [0.15, 0.2) is 0 Å². The standard InChI is InChI=1S/C15H24FNO4/c1-12(17)14-11-13(16)3-4-15(14)21-10-9-20-8-7-19-6-5-18-2/h3-4,11-12H,5-10,17H2,1-2H3/t12-/m0/s1. The predicted octanol–water partition coefficient (Wildman–Crippen LogP) is 1.90. The molecule has 0 bridgehead atoms. The number of hydrogen-bond acceptors (Lipinski definition) is 5. The van der Waals surface area contributed by atoms with E-state index in [1.165, 1.54) is 12.1 Å². The SMILES string of the molecule is COCCOCCOCCOc1ccc(F)cc1[C@H](C)N. The Kier molecular flexibility index (Phi) is 8.93. The first-order chi connectivity index (χ1) is 10.1.